The highest BCUT2D eigenvalue weighted by Gasteiger charge is 2.25. The van der Waals surface area contributed by atoms with Gasteiger partial charge in [0.25, 0.3) is 0 Å². The van der Waals surface area contributed by atoms with Gasteiger partial charge in [-0.1, -0.05) is 23.8 Å². The summed E-state index contributed by atoms with van der Waals surface area (Å²) in [6.45, 7) is 3.97. The molecular formula is C16H18ClO3P. The van der Waals surface area contributed by atoms with Gasteiger partial charge in [0, 0.05) is 11.2 Å². The summed E-state index contributed by atoms with van der Waals surface area (Å²) in [4.78, 5) is 0. The lowest BCUT2D eigenvalue weighted by Crippen LogP contribution is -1.97. The minimum Gasteiger partial charge on any atom is -0.405 e. The predicted octanol–water partition coefficient (Wildman–Crippen LogP) is 5.72. The van der Waals surface area contributed by atoms with E-state index in [4.69, 9.17) is 20.3 Å². The van der Waals surface area contributed by atoms with E-state index in [1.165, 1.54) is 0 Å². The molecule has 0 aliphatic carbocycles. The molecule has 3 nitrogen and oxygen atoms in total. The first-order valence-electron chi connectivity index (χ1n) is 6.60. The molecule has 0 heterocycles. The molecular weight excluding hydrogens is 307 g/mol. The summed E-state index contributed by atoms with van der Waals surface area (Å²) in [5.41, 5.74) is 3.97. The van der Waals surface area contributed by atoms with Gasteiger partial charge in [-0.2, -0.15) is 0 Å². The summed E-state index contributed by atoms with van der Waals surface area (Å²) < 4.78 is 23.1. The Hall–Kier alpha value is -1.44. The van der Waals surface area contributed by atoms with Crippen molar-refractivity contribution in [2.24, 2.45) is 0 Å². The normalized spacial score (nSPS) is 13.6. The highest BCUT2D eigenvalue weighted by Crippen LogP contribution is 2.53. The van der Waals surface area contributed by atoms with Crippen LogP contribution in [0.3, 0.4) is 0 Å². The smallest absolute Gasteiger partial charge is 0.405 e. The van der Waals surface area contributed by atoms with Gasteiger partial charge in [-0.05, 0) is 62.6 Å². The van der Waals surface area contributed by atoms with E-state index in [-0.39, 0.29) is 0 Å². The van der Waals surface area contributed by atoms with E-state index in [9.17, 15) is 4.57 Å². The van der Waals surface area contributed by atoms with Crippen LogP contribution in [0.15, 0.2) is 36.4 Å². The summed E-state index contributed by atoms with van der Waals surface area (Å²) in [7, 11) is 0. The van der Waals surface area contributed by atoms with Crippen LogP contribution in [-0.4, -0.2) is 0 Å². The van der Waals surface area contributed by atoms with Gasteiger partial charge in [-0.25, -0.2) is 4.57 Å². The van der Waals surface area contributed by atoms with E-state index in [0.717, 1.165) is 22.3 Å². The van der Waals surface area contributed by atoms with Crippen LogP contribution in [0.25, 0.3) is 0 Å². The Labute approximate surface area is 130 Å². The second kappa shape index (κ2) is 6.13. The van der Waals surface area contributed by atoms with Gasteiger partial charge in [-0.15, -0.1) is 0 Å². The summed E-state index contributed by atoms with van der Waals surface area (Å²) >= 11 is 5.93. The lowest BCUT2D eigenvalue weighted by molar-refractivity contribution is 0.405. The van der Waals surface area contributed by atoms with Crippen molar-refractivity contribution in [3.05, 3.63) is 58.7 Å². The first-order valence-corrected chi connectivity index (χ1v) is 9.04. The van der Waals surface area contributed by atoms with Crippen LogP contribution >= 0.6 is 18.2 Å². The van der Waals surface area contributed by atoms with Crippen molar-refractivity contribution < 1.29 is 13.6 Å². The van der Waals surface area contributed by atoms with Crippen LogP contribution < -0.4 is 9.05 Å². The van der Waals surface area contributed by atoms with Crippen LogP contribution in [0.4, 0.5) is 0 Å². The number of benzene rings is 2. The molecule has 0 aliphatic rings. The Morgan fingerprint density at radius 1 is 0.857 bits per heavy atom. The molecule has 0 radical (unpaired) electrons. The molecule has 0 N–H and O–H groups in total. The Balaban J connectivity index is 2.20. The lowest BCUT2D eigenvalue weighted by atomic mass is 10.1. The van der Waals surface area contributed by atoms with Crippen LogP contribution in [0.1, 0.15) is 22.3 Å². The summed E-state index contributed by atoms with van der Waals surface area (Å²) in [6, 6.07) is 11.1. The molecule has 0 saturated heterocycles. The zero-order valence-corrected chi connectivity index (χ0v) is 14.2. The third-order valence-corrected chi connectivity index (χ3v) is 4.21. The molecule has 0 aromatic heterocycles. The lowest BCUT2D eigenvalue weighted by Gasteiger charge is -2.16. The molecule has 1 unspecified atom stereocenters. The molecule has 2 rings (SSSR count). The van der Waals surface area contributed by atoms with Crippen molar-refractivity contribution in [2.45, 2.75) is 27.7 Å². The number of rotatable bonds is 4. The molecule has 0 amide bonds. The quantitative estimate of drug-likeness (QED) is 0.674. The van der Waals surface area contributed by atoms with Crippen molar-refractivity contribution in [3.8, 4) is 11.5 Å². The predicted molar refractivity (Wildman–Crippen MR) is 86.5 cm³/mol. The third kappa shape index (κ3) is 4.52. The fourth-order valence-corrected chi connectivity index (χ4v) is 3.45. The van der Waals surface area contributed by atoms with E-state index in [1.807, 2.05) is 45.9 Å². The van der Waals surface area contributed by atoms with Gasteiger partial charge in [0.15, 0.2) is 0 Å². The molecule has 112 valence electrons. The van der Waals surface area contributed by atoms with Gasteiger partial charge >= 0.3 is 6.95 Å². The maximum absolute atomic E-state index is 12.3. The molecule has 5 heteroatoms. The van der Waals surface area contributed by atoms with Gasteiger partial charge in [0.1, 0.15) is 11.5 Å². The van der Waals surface area contributed by atoms with Gasteiger partial charge < -0.3 is 9.05 Å². The topological polar surface area (TPSA) is 35.5 Å². The maximum atomic E-state index is 12.3. The number of halogens is 1. The van der Waals surface area contributed by atoms with Crippen LogP contribution in [0.5, 0.6) is 11.5 Å². The van der Waals surface area contributed by atoms with Crippen molar-refractivity contribution >= 4 is 18.2 Å². The minimum absolute atomic E-state index is 0.440. The standard InChI is InChI=1S/C16H18ClO3P/c1-11-5-6-16(14(4)8-11)20-21(17,18)19-15-9-12(2)7-13(3)10-15/h5-10H,1-4H3. The molecule has 0 spiro atoms. The fraction of sp³-hybridized carbons (Fsp3) is 0.250. The first kappa shape index (κ1) is 15.9. The van der Waals surface area contributed by atoms with Crippen molar-refractivity contribution in [1.82, 2.24) is 0 Å². The van der Waals surface area contributed by atoms with Gasteiger partial charge in [-0.3, -0.25) is 0 Å². The van der Waals surface area contributed by atoms with Crippen LogP contribution in [0, 0.1) is 27.7 Å². The fourth-order valence-electron chi connectivity index (χ4n) is 2.15. The van der Waals surface area contributed by atoms with E-state index in [0.29, 0.717) is 11.5 Å². The average Bonchev–Trinajstić information content (AvgIpc) is 2.30. The highest BCUT2D eigenvalue weighted by atomic mass is 35.7. The summed E-state index contributed by atoms with van der Waals surface area (Å²) in [6.07, 6.45) is 0. The molecule has 0 aliphatic heterocycles. The second-order valence-corrected chi connectivity index (χ2v) is 7.67. The van der Waals surface area contributed by atoms with E-state index in [1.54, 1.807) is 18.2 Å². The second-order valence-electron chi connectivity index (χ2n) is 5.21. The average molecular weight is 325 g/mol. The number of aryl methyl sites for hydroxylation is 4. The highest BCUT2D eigenvalue weighted by molar-refractivity contribution is 7.82. The van der Waals surface area contributed by atoms with E-state index < -0.39 is 6.95 Å². The molecule has 1 atom stereocenters. The van der Waals surface area contributed by atoms with E-state index >= 15 is 0 Å². The molecule has 2 aromatic carbocycles. The van der Waals surface area contributed by atoms with Crippen molar-refractivity contribution in [2.75, 3.05) is 0 Å². The summed E-state index contributed by atoms with van der Waals surface area (Å²) in [5.74, 6) is 0.902. The Morgan fingerprint density at radius 2 is 1.48 bits per heavy atom. The van der Waals surface area contributed by atoms with Gasteiger partial charge in [0.05, 0.1) is 0 Å². The van der Waals surface area contributed by atoms with E-state index in [2.05, 4.69) is 0 Å². The Morgan fingerprint density at radius 3 is 2.05 bits per heavy atom. The zero-order valence-electron chi connectivity index (χ0n) is 12.5. The maximum Gasteiger partial charge on any atom is 0.530 e. The minimum atomic E-state index is -3.75. The van der Waals surface area contributed by atoms with Crippen LogP contribution in [-0.2, 0) is 4.57 Å². The third-order valence-electron chi connectivity index (χ3n) is 2.95. The van der Waals surface area contributed by atoms with Crippen molar-refractivity contribution in [3.63, 3.8) is 0 Å². The Bertz CT molecular complexity index is 692. The van der Waals surface area contributed by atoms with Crippen LogP contribution in [0.2, 0.25) is 0 Å². The number of hydrogen-bond acceptors (Lipinski definition) is 3. The molecule has 2 aromatic rings. The largest absolute Gasteiger partial charge is 0.530 e. The summed E-state index contributed by atoms with van der Waals surface area (Å²) in [5, 5.41) is 0. The molecule has 21 heavy (non-hydrogen) atoms. The monoisotopic (exact) mass is 324 g/mol. The zero-order chi connectivity index (χ0) is 15.6. The van der Waals surface area contributed by atoms with Gasteiger partial charge in [0.2, 0.25) is 0 Å². The SMILES string of the molecule is Cc1cc(C)cc(OP(=O)(Cl)Oc2ccc(C)cc2C)c1. The molecule has 0 fully saturated rings. The first-order chi connectivity index (χ1) is 9.75. The number of hydrogen-bond donors (Lipinski definition) is 0. The molecule has 0 bridgehead atoms. The van der Waals surface area contributed by atoms with Crippen molar-refractivity contribution in [1.29, 1.82) is 0 Å². The Kier molecular flexibility index (Phi) is 4.65. The molecule has 0 saturated carbocycles.